The first kappa shape index (κ1) is 23.4. The summed E-state index contributed by atoms with van der Waals surface area (Å²) in [4.78, 5) is 22.5. The zero-order valence-corrected chi connectivity index (χ0v) is 16.7. The fourth-order valence-corrected chi connectivity index (χ4v) is 3.19. The van der Waals surface area contributed by atoms with E-state index >= 15 is 0 Å². The highest BCUT2D eigenvalue weighted by molar-refractivity contribution is 6.30. The van der Waals surface area contributed by atoms with Gasteiger partial charge in [-0.2, -0.15) is 0 Å². The molecule has 2 rings (SSSR count). The van der Waals surface area contributed by atoms with E-state index in [1.165, 1.54) is 18.2 Å². The number of hydrogen-bond acceptors (Lipinski definition) is 6. The summed E-state index contributed by atoms with van der Waals surface area (Å²) in [5.41, 5.74) is -0.266. The van der Waals surface area contributed by atoms with E-state index in [9.17, 15) is 14.9 Å². The number of ether oxygens (including phenoxy) is 2. The van der Waals surface area contributed by atoms with Crippen molar-refractivity contribution in [3.63, 3.8) is 0 Å². The number of benzene rings is 1. The van der Waals surface area contributed by atoms with Crippen LogP contribution in [0.5, 0.6) is 5.75 Å². The van der Waals surface area contributed by atoms with Crippen molar-refractivity contribution < 1.29 is 19.2 Å². The smallest absolute Gasteiger partial charge is 0.312 e. The molecule has 1 saturated heterocycles. The number of carbonyl (C=O) groups is 1. The molecule has 0 saturated carbocycles. The average molecular weight is 422 g/mol. The van der Waals surface area contributed by atoms with E-state index in [0.717, 1.165) is 25.9 Å². The second-order valence-corrected chi connectivity index (χ2v) is 6.86. The van der Waals surface area contributed by atoms with Crippen LogP contribution in [0.25, 0.3) is 0 Å². The second-order valence-electron chi connectivity index (χ2n) is 6.43. The molecule has 2 N–H and O–H groups in total. The van der Waals surface area contributed by atoms with Crippen LogP contribution in [-0.4, -0.2) is 50.8 Å². The van der Waals surface area contributed by atoms with Gasteiger partial charge in [-0.1, -0.05) is 11.6 Å². The Balaban J connectivity index is 0.00000364. The van der Waals surface area contributed by atoms with Crippen LogP contribution in [0, 0.1) is 15.5 Å². The highest BCUT2D eigenvalue weighted by Gasteiger charge is 2.32. The highest BCUT2D eigenvalue weighted by Crippen LogP contribution is 2.30. The topological polar surface area (TPSA) is 103 Å². The van der Waals surface area contributed by atoms with Gasteiger partial charge in [0.15, 0.2) is 5.75 Å². The van der Waals surface area contributed by atoms with Crippen molar-refractivity contribution in [1.29, 1.82) is 0 Å². The Hall–Kier alpha value is -1.61. The second kappa shape index (κ2) is 11.3. The maximum absolute atomic E-state index is 12.1. The van der Waals surface area contributed by atoms with E-state index in [1.807, 2.05) is 0 Å². The van der Waals surface area contributed by atoms with E-state index in [1.54, 1.807) is 7.11 Å². The number of carbonyl (C=O) groups excluding carboxylic acids is 1. The number of halogens is 2. The number of nitrogens with zero attached hydrogens (tertiary/aromatic N) is 1. The van der Waals surface area contributed by atoms with Crippen molar-refractivity contribution in [2.24, 2.45) is 5.41 Å². The summed E-state index contributed by atoms with van der Waals surface area (Å²) in [7, 11) is 1.67. The van der Waals surface area contributed by atoms with Gasteiger partial charge in [-0.05, 0) is 38.1 Å². The molecule has 0 unspecified atom stereocenters. The third-order valence-corrected chi connectivity index (χ3v) is 4.71. The molecule has 1 amide bonds. The number of amides is 1. The monoisotopic (exact) mass is 421 g/mol. The van der Waals surface area contributed by atoms with Gasteiger partial charge < -0.3 is 20.1 Å². The zero-order chi connectivity index (χ0) is 19.0. The standard InChI is InChI=1S/C17H24ClN3O5.ClH/c1-25-12-17(5-7-19-8-6-17)11-20-16(22)4-9-26-15-3-2-13(18)10-14(15)21(23)24;/h2-3,10,19H,4-9,11-12H2,1H3,(H,20,22);1H. The van der Waals surface area contributed by atoms with Crippen LogP contribution in [0.4, 0.5) is 5.69 Å². The SMILES string of the molecule is COCC1(CNC(=O)CCOc2ccc(Cl)cc2[N+](=O)[O-])CCNCC1.Cl. The van der Waals surface area contributed by atoms with Gasteiger partial charge in [-0.3, -0.25) is 14.9 Å². The maximum Gasteiger partial charge on any atom is 0.312 e. The minimum atomic E-state index is -0.563. The molecule has 8 nitrogen and oxygen atoms in total. The van der Waals surface area contributed by atoms with Crippen molar-refractivity contribution in [3.8, 4) is 5.75 Å². The van der Waals surface area contributed by atoms with Gasteiger partial charge in [-0.25, -0.2) is 0 Å². The quantitative estimate of drug-likeness (QED) is 0.469. The molecule has 1 aromatic rings. The Bertz CT molecular complexity index is 633. The number of nitrogens with one attached hydrogen (secondary N) is 2. The van der Waals surface area contributed by atoms with Crippen molar-refractivity contribution in [2.75, 3.05) is 40.0 Å². The molecule has 1 heterocycles. The van der Waals surface area contributed by atoms with Crippen LogP contribution in [-0.2, 0) is 9.53 Å². The average Bonchev–Trinajstić information content (AvgIpc) is 2.62. The largest absolute Gasteiger partial charge is 0.486 e. The van der Waals surface area contributed by atoms with Gasteiger partial charge in [-0.15, -0.1) is 12.4 Å². The Morgan fingerprint density at radius 1 is 1.41 bits per heavy atom. The summed E-state index contributed by atoms with van der Waals surface area (Å²) >= 11 is 5.76. The predicted octanol–water partition coefficient (Wildman–Crippen LogP) is 2.57. The van der Waals surface area contributed by atoms with E-state index in [4.69, 9.17) is 21.1 Å². The van der Waals surface area contributed by atoms with Crippen molar-refractivity contribution in [1.82, 2.24) is 10.6 Å². The van der Waals surface area contributed by atoms with E-state index in [0.29, 0.717) is 13.2 Å². The molecule has 0 bridgehead atoms. The molecule has 0 aromatic heterocycles. The Morgan fingerprint density at radius 2 is 2.11 bits per heavy atom. The molecule has 0 radical (unpaired) electrons. The van der Waals surface area contributed by atoms with Crippen molar-refractivity contribution in [3.05, 3.63) is 33.3 Å². The lowest BCUT2D eigenvalue weighted by Crippen LogP contribution is -2.47. The third kappa shape index (κ3) is 7.14. The zero-order valence-electron chi connectivity index (χ0n) is 15.2. The molecule has 1 aliphatic heterocycles. The van der Waals surface area contributed by atoms with Gasteiger partial charge in [0.05, 0.1) is 24.6 Å². The van der Waals surface area contributed by atoms with Crippen LogP contribution in [0.15, 0.2) is 18.2 Å². The van der Waals surface area contributed by atoms with Crippen LogP contribution in [0.1, 0.15) is 19.3 Å². The first-order valence-corrected chi connectivity index (χ1v) is 8.87. The third-order valence-electron chi connectivity index (χ3n) is 4.48. The normalized spacial score (nSPS) is 15.5. The molecule has 10 heteroatoms. The molecule has 0 atom stereocenters. The van der Waals surface area contributed by atoms with Crippen LogP contribution in [0.3, 0.4) is 0 Å². The number of nitro benzene ring substituents is 1. The van der Waals surface area contributed by atoms with Gasteiger partial charge in [0, 0.05) is 30.2 Å². The molecule has 1 aliphatic rings. The summed E-state index contributed by atoms with van der Waals surface area (Å²) < 4.78 is 10.7. The number of nitro groups is 1. The van der Waals surface area contributed by atoms with Crippen molar-refractivity contribution in [2.45, 2.75) is 19.3 Å². The van der Waals surface area contributed by atoms with Gasteiger partial charge >= 0.3 is 5.69 Å². The number of piperidine rings is 1. The number of hydrogen-bond donors (Lipinski definition) is 2. The van der Waals surface area contributed by atoms with Crippen LogP contribution < -0.4 is 15.4 Å². The van der Waals surface area contributed by atoms with Gasteiger partial charge in [0.25, 0.3) is 0 Å². The lowest BCUT2D eigenvalue weighted by Gasteiger charge is -2.37. The molecule has 1 fully saturated rings. The van der Waals surface area contributed by atoms with Crippen LogP contribution >= 0.6 is 24.0 Å². The molecular weight excluding hydrogens is 397 g/mol. The Labute approximate surface area is 169 Å². The summed E-state index contributed by atoms with van der Waals surface area (Å²) in [5, 5.41) is 17.5. The summed E-state index contributed by atoms with van der Waals surface area (Å²) in [5.74, 6) is -0.0583. The lowest BCUT2D eigenvalue weighted by atomic mass is 9.79. The molecule has 27 heavy (non-hydrogen) atoms. The first-order chi connectivity index (χ1) is 12.5. The molecule has 152 valence electrons. The number of rotatable bonds is 9. The van der Waals surface area contributed by atoms with E-state index in [2.05, 4.69) is 10.6 Å². The van der Waals surface area contributed by atoms with E-state index in [-0.39, 0.29) is 53.2 Å². The Morgan fingerprint density at radius 3 is 2.74 bits per heavy atom. The summed E-state index contributed by atoms with van der Waals surface area (Å²) in [6.07, 6.45) is 1.99. The Kier molecular flexibility index (Phi) is 9.79. The minimum Gasteiger partial charge on any atom is -0.486 e. The maximum atomic E-state index is 12.1. The first-order valence-electron chi connectivity index (χ1n) is 8.49. The predicted molar refractivity (Wildman–Crippen MR) is 105 cm³/mol. The summed E-state index contributed by atoms with van der Waals surface area (Å²) in [6, 6.07) is 4.17. The van der Waals surface area contributed by atoms with Gasteiger partial charge in [0.2, 0.25) is 5.91 Å². The van der Waals surface area contributed by atoms with Crippen LogP contribution in [0.2, 0.25) is 5.02 Å². The minimum absolute atomic E-state index is 0. The molecule has 0 aliphatic carbocycles. The highest BCUT2D eigenvalue weighted by atomic mass is 35.5. The van der Waals surface area contributed by atoms with Crippen molar-refractivity contribution >= 4 is 35.6 Å². The molecule has 0 spiro atoms. The van der Waals surface area contributed by atoms with E-state index < -0.39 is 4.92 Å². The molecule has 1 aromatic carbocycles. The van der Waals surface area contributed by atoms with Gasteiger partial charge in [0.1, 0.15) is 0 Å². The summed E-state index contributed by atoms with van der Waals surface area (Å²) in [6.45, 7) is 3.00. The number of methoxy groups -OCH3 is 1. The fourth-order valence-electron chi connectivity index (χ4n) is 3.02. The molecular formula is C17H25Cl2N3O5. The lowest BCUT2D eigenvalue weighted by molar-refractivity contribution is -0.385. The fraction of sp³-hybridized carbons (Fsp3) is 0.588.